The van der Waals surface area contributed by atoms with Crippen LogP contribution in [0.1, 0.15) is 36.8 Å². The number of likely N-dealkylation sites (tertiary alicyclic amines) is 1. The van der Waals surface area contributed by atoms with Crippen LogP contribution in [0.5, 0.6) is 0 Å². The van der Waals surface area contributed by atoms with E-state index in [1.54, 1.807) is 0 Å². The molecule has 1 aromatic carbocycles. The zero-order valence-electron chi connectivity index (χ0n) is 12.9. The van der Waals surface area contributed by atoms with Crippen molar-refractivity contribution in [2.75, 3.05) is 36.8 Å². The number of hydrogen-bond donors (Lipinski definition) is 1. The quantitative estimate of drug-likeness (QED) is 0.841. The molecule has 110 valence electrons. The van der Waals surface area contributed by atoms with Gasteiger partial charge in [-0.25, -0.2) is 0 Å². The fourth-order valence-corrected chi connectivity index (χ4v) is 3.73. The highest BCUT2D eigenvalue weighted by atomic mass is 15.2. The molecule has 0 aliphatic carbocycles. The van der Waals surface area contributed by atoms with Crippen LogP contribution in [-0.2, 0) is 0 Å². The Kier molecular flexibility index (Phi) is 3.88. The second-order valence-electron chi connectivity index (χ2n) is 6.45. The average Bonchev–Trinajstić information content (AvgIpc) is 2.98. The summed E-state index contributed by atoms with van der Waals surface area (Å²) in [6.45, 7) is 9.25. The van der Waals surface area contributed by atoms with Crippen molar-refractivity contribution in [1.82, 2.24) is 4.90 Å². The maximum Gasteiger partial charge on any atom is 0.0374 e. The maximum atomic E-state index is 6.06. The van der Waals surface area contributed by atoms with Crippen LogP contribution < -0.4 is 10.6 Å². The van der Waals surface area contributed by atoms with E-state index in [1.807, 2.05) is 0 Å². The summed E-state index contributed by atoms with van der Waals surface area (Å²) in [6, 6.07) is 5.32. The molecule has 3 nitrogen and oxygen atoms in total. The first kappa shape index (κ1) is 13.7. The summed E-state index contributed by atoms with van der Waals surface area (Å²) in [4.78, 5) is 5.24. The molecule has 0 unspecified atom stereocenters. The summed E-state index contributed by atoms with van der Waals surface area (Å²) in [6.07, 6.45) is 5.41. The molecule has 2 saturated heterocycles. The zero-order chi connectivity index (χ0) is 14.1. The fourth-order valence-electron chi connectivity index (χ4n) is 3.73. The first-order valence-corrected chi connectivity index (χ1v) is 8.01. The number of nitrogens with zero attached hydrogens (tertiary/aromatic N) is 2. The van der Waals surface area contributed by atoms with Gasteiger partial charge in [0, 0.05) is 30.5 Å². The molecular weight excluding hydrogens is 246 g/mol. The van der Waals surface area contributed by atoms with Crippen LogP contribution in [0, 0.1) is 13.8 Å². The lowest BCUT2D eigenvalue weighted by atomic mass is 10.0. The number of hydrogen-bond acceptors (Lipinski definition) is 3. The minimum atomic E-state index is 0.824. The van der Waals surface area contributed by atoms with Crippen molar-refractivity contribution in [2.24, 2.45) is 0 Å². The molecule has 0 saturated carbocycles. The van der Waals surface area contributed by atoms with E-state index in [0.717, 1.165) is 11.7 Å². The molecule has 1 aromatic rings. The third-order valence-electron chi connectivity index (χ3n) is 5.07. The summed E-state index contributed by atoms with van der Waals surface area (Å²) in [5.41, 5.74) is 10.8. The van der Waals surface area contributed by atoms with Gasteiger partial charge in [-0.2, -0.15) is 0 Å². The lowest BCUT2D eigenvalue weighted by molar-refractivity contribution is 0.208. The Hall–Kier alpha value is -1.22. The Morgan fingerprint density at radius 1 is 0.950 bits per heavy atom. The first-order chi connectivity index (χ1) is 9.65. The van der Waals surface area contributed by atoms with Gasteiger partial charge in [0.05, 0.1) is 0 Å². The third kappa shape index (κ3) is 2.64. The number of nitrogens with two attached hydrogens (primary N) is 1. The van der Waals surface area contributed by atoms with E-state index >= 15 is 0 Å². The number of rotatable bonds is 2. The second-order valence-corrected chi connectivity index (χ2v) is 6.45. The Morgan fingerprint density at radius 2 is 1.50 bits per heavy atom. The molecule has 0 radical (unpaired) electrons. The maximum absolute atomic E-state index is 6.06. The van der Waals surface area contributed by atoms with Gasteiger partial charge in [-0.3, -0.25) is 0 Å². The molecule has 3 heteroatoms. The molecular formula is C17H27N3. The average molecular weight is 273 g/mol. The molecule has 2 heterocycles. The number of anilines is 2. The van der Waals surface area contributed by atoms with E-state index in [-0.39, 0.29) is 0 Å². The highest BCUT2D eigenvalue weighted by Gasteiger charge is 2.26. The Balaban J connectivity index is 1.65. The smallest absolute Gasteiger partial charge is 0.0374 e. The topological polar surface area (TPSA) is 32.5 Å². The molecule has 0 atom stereocenters. The van der Waals surface area contributed by atoms with Crippen LogP contribution in [0.15, 0.2) is 12.1 Å². The molecule has 0 spiro atoms. The van der Waals surface area contributed by atoms with Crippen LogP contribution in [0.4, 0.5) is 11.4 Å². The molecule has 2 aliphatic rings. The van der Waals surface area contributed by atoms with Crippen LogP contribution in [0.25, 0.3) is 0 Å². The van der Waals surface area contributed by atoms with E-state index in [1.165, 1.54) is 68.7 Å². The SMILES string of the molecule is Cc1cc(N2CCC(N3CCCC3)CC2)cc(C)c1N. The van der Waals surface area contributed by atoms with Crippen molar-refractivity contribution in [3.8, 4) is 0 Å². The number of benzene rings is 1. The summed E-state index contributed by atoms with van der Waals surface area (Å²) in [5, 5.41) is 0. The Morgan fingerprint density at radius 3 is 2.05 bits per heavy atom. The Labute approximate surface area is 122 Å². The molecule has 3 rings (SSSR count). The summed E-state index contributed by atoms with van der Waals surface area (Å²) < 4.78 is 0. The van der Waals surface area contributed by atoms with Crippen molar-refractivity contribution in [3.63, 3.8) is 0 Å². The highest BCUT2D eigenvalue weighted by molar-refractivity contribution is 5.62. The van der Waals surface area contributed by atoms with Crippen LogP contribution in [0.2, 0.25) is 0 Å². The molecule has 2 aliphatic heterocycles. The molecule has 2 fully saturated rings. The van der Waals surface area contributed by atoms with Gasteiger partial charge < -0.3 is 15.5 Å². The number of aryl methyl sites for hydroxylation is 2. The normalized spacial score (nSPS) is 21.6. The molecule has 0 amide bonds. The van der Waals surface area contributed by atoms with Gasteiger partial charge >= 0.3 is 0 Å². The van der Waals surface area contributed by atoms with Crippen LogP contribution >= 0.6 is 0 Å². The van der Waals surface area contributed by atoms with Gasteiger partial charge in [-0.05, 0) is 75.9 Å². The summed E-state index contributed by atoms with van der Waals surface area (Å²) in [5.74, 6) is 0. The molecule has 0 bridgehead atoms. The standard InChI is InChI=1S/C17H27N3/c1-13-11-16(12-14(2)17(13)18)20-9-5-15(6-10-20)19-7-3-4-8-19/h11-12,15H,3-10,18H2,1-2H3. The van der Waals surface area contributed by atoms with Gasteiger partial charge in [0.2, 0.25) is 0 Å². The van der Waals surface area contributed by atoms with Gasteiger partial charge in [0.1, 0.15) is 0 Å². The predicted octanol–water partition coefficient (Wildman–Crippen LogP) is 2.95. The van der Waals surface area contributed by atoms with Crippen LogP contribution in [0.3, 0.4) is 0 Å². The monoisotopic (exact) mass is 273 g/mol. The van der Waals surface area contributed by atoms with E-state index in [9.17, 15) is 0 Å². The zero-order valence-corrected chi connectivity index (χ0v) is 12.9. The first-order valence-electron chi connectivity index (χ1n) is 8.01. The summed E-state index contributed by atoms with van der Waals surface area (Å²) >= 11 is 0. The van der Waals surface area contributed by atoms with E-state index in [4.69, 9.17) is 5.73 Å². The number of nitrogen functional groups attached to an aromatic ring is 1. The third-order valence-corrected chi connectivity index (χ3v) is 5.07. The Bertz CT molecular complexity index is 446. The summed E-state index contributed by atoms with van der Waals surface area (Å²) in [7, 11) is 0. The highest BCUT2D eigenvalue weighted by Crippen LogP contribution is 2.28. The van der Waals surface area contributed by atoms with Gasteiger partial charge in [0.25, 0.3) is 0 Å². The van der Waals surface area contributed by atoms with E-state index in [2.05, 4.69) is 35.8 Å². The van der Waals surface area contributed by atoms with Crippen molar-refractivity contribution in [2.45, 2.75) is 45.6 Å². The van der Waals surface area contributed by atoms with Crippen molar-refractivity contribution in [1.29, 1.82) is 0 Å². The van der Waals surface area contributed by atoms with Crippen LogP contribution in [-0.4, -0.2) is 37.1 Å². The van der Waals surface area contributed by atoms with E-state index < -0.39 is 0 Å². The van der Waals surface area contributed by atoms with E-state index in [0.29, 0.717) is 0 Å². The van der Waals surface area contributed by atoms with Crippen molar-refractivity contribution >= 4 is 11.4 Å². The van der Waals surface area contributed by atoms with Gasteiger partial charge in [-0.1, -0.05) is 0 Å². The molecule has 20 heavy (non-hydrogen) atoms. The van der Waals surface area contributed by atoms with Crippen molar-refractivity contribution in [3.05, 3.63) is 23.3 Å². The van der Waals surface area contributed by atoms with Gasteiger partial charge in [0.15, 0.2) is 0 Å². The lowest BCUT2D eigenvalue weighted by Crippen LogP contribution is -2.43. The minimum Gasteiger partial charge on any atom is -0.398 e. The fraction of sp³-hybridized carbons (Fsp3) is 0.647. The molecule has 2 N–H and O–H groups in total. The second kappa shape index (κ2) is 5.65. The largest absolute Gasteiger partial charge is 0.398 e. The minimum absolute atomic E-state index is 0.824. The molecule has 0 aromatic heterocycles. The lowest BCUT2D eigenvalue weighted by Gasteiger charge is -2.38. The van der Waals surface area contributed by atoms with Crippen molar-refractivity contribution < 1.29 is 0 Å². The predicted molar refractivity (Wildman–Crippen MR) is 86.4 cm³/mol. The number of piperidine rings is 1. The van der Waals surface area contributed by atoms with Gasteiger partial charge in [-0.15, -0.1) is 0 Å².